The fraction of sp³-hybridized carbons (Fsp3) is 0.238. The van der Waals surface area contributed by atoms with E-state index in [2.05, 4.69) is 32.3 Å². The number of hydrogen-bond donors (Lipinski definition) is 2. The van der Waals surface area contributed by atoms with Gasteiger partial charge in [-0.1, -0.05) is 38.6 Å². The lowest BCUT2D eigenvalue weighted by atomic mass is 9.93. The lowest BCUT2D eigenvalue weighted by Crippen LogP contribution is -2.27. The minimum Gasteiger partial charge on any atom is -0.359 e. The van der Waals surface area contributed by atoms with E-state index in [0.717, 1.165) is 5.52 Å². The number of urea groups is 1. The number of carbonyl (C=O) groups is 1. The zero-order valence-electron chi connectivity index (χ0n) is 16.9. The van der Waals surface area contributed by atoms with Crippen LogP contribution in [0.1, 0.15) is 33.5 Å². The zero-order valence-corrected chi connectivity index (χ0v) is 16.9. The number of anilines is 1. The minimum atomic E-state index is -0.417. The van der Waals surface area contributed by atoms with Gasteiger partial charge in [-0.15, -0.1) is 0 Å². The maximum Gasteiger partial charge on any atom is 0.324 e. The summed E-state index contributed by atoms with van der Waals surface area (Å²) in [5.74, 6) is 1.05. The Balaban J connectivity index is 1.63. The number of rotatable bonds is 5. The SMILES string of the molecule is C=C(/C=C\C(=C/C)NC(=O)Nc1cc(C(C)(C)C)on1)n1cnc2ncccc21. The largest absolute Gasteiger partial charge is 0.359 e. The molecular formula is C21H24N6O2. The maximum atomic E-state index is 12.3. The molecule has 8 nitrogen and oxygen atoms in total. The van der Waals surface area contributed by atoms with E-state index in [4.69, 9.17) is 4.52 Å². The normalized spacial score (nSPS) is 12.5. The molecule has 0 atom stereocenters. The van der Waals surface area contributed by atoms with E-state index < -0.39 is 6.03 Å². The molecule has 3 heterocycles. The summed E-state index contributed by atoms with van der Waals surface area (Å²) in [6.07, 6.45) is 8.68. The number of nitrogens with zero attached hydrogens (tertiary/aromatic N) is 4. The standard InChI is InChI=1S/C21H24N6O2/c1-6-15(24-20(28)25-18-12-17(29-26-18)21(3,4)5)10-9-14(2)27-13-23-19-16(27)8-7-11-22-19/h6-13H,2H2,1,3-5H3,(H2,24,25,26,28)/b10-9-,15-6+. The molecule has 0 aromatic carbocycles. The highest BCUT2D eigenvalue weighted by molar-refractivity contribution is 5.89. The molecule has 0 aliphatic rings. The molecule has 3 rings (SSSR count). The van der Waals surface area contributed by atoms with E-state index in [1.54, 1.807) is 36.8 Å². The van der Waals surface area contributed by atoms with Crippen molar-refractivity contribution in [2.24, 2.45) is 0 Å². The molecule has 0 unspecified atom stereocenters. The molecule has 0 aliphatic carbocycles. The quantitative estimate of drug-likeness (QED) is 0.624. The fourth-order valence-corrected chi connectivity index (χ4v) is 2.52. The van der Waals surface area contributed by atoms with Crippen molar-refractivity contribution in [2.75, 3.05) is 5.32 Å². The second kappa shape index (κ2) is 8.14. The monoisotopic (exact) mass is 392 g/mol. The second-order valence-electron chi connectivity index (χ2n) is 7.43. The Morgan fingerprint density at radius 2 is 2.07 bits per heavy atom. The molecule has 3 aromatic heterocycles. The number of fused-ring (bicyclic) bond motifs is 1. The molecule has 0 saturated heterocycles. The van der Waals surface area contributed by atoms with Crippen LogP contribution in [0, 0.1) is 0 Å². The Kier molecular flexibility index (Phi) is 5.63. The Morgan fingerprint density at radius 3 is 2.76 bits per heavy atom. The summed E-state index contributed by atoms with van der Waals surface area (Å²) in [6.45, 7) is 11.9. The summed E-state index contributed by atoms with van der Waals surface area (Å²) < 4.78 is 7.10. The van der Waals surface area contributed by atoms with Crippen LogP contribution in [0.15, 0.2) is 65.8 Å². The molecule has 0 bridgehead atoms. The van der Waals surface area contributed by atoms with Crippen molar-refractivity contribution >= 4 is 28.7 Å². The molecule has 0 spiro atoms. The Hall–Kier alpha value is -3.68. The topological polar surface area (TPSA) is 97.9 Å². The van der Waals surface area contributed by atoms with Crippen molar-refractivity contribution in [3.05, 3.63) is 67.0 Å². The van der Waals surface area contributed by atoms with Crippen molar-refractivity contribution in [1.29, 1.82) is 0 Å². The molecule has 2 N–H and O–H groups in total. The number of imidazole rings is 1. The summed E-state index contributed by atoms with van der Waals surface area (Å²) in [5.41, 5.74) is 2.61. The Morgan fingerprint density at radius 1 is 1.28 bits per heavy atom. The third-order valence-corrected chi connectivity index (χ3v) is 4.15. The van der Waals surface area contributed by atoms with Gasteiger partial charge in [0.25, 0.3) is 0 Å². The van der Waals surface area contributed by atoms with Crippen LogP contribution in [0.3, 0.4) is 0 Å². The molecule has 8 heteroatoms. The van der Waals surface area contributed by atoms with E-state index in [-0.39, 0.29) is 5.41 Å². The first-order chi connectivity index (χ1) is 13.8. The second-order valence-corrected chi connectivity index (χ2v) is 7.43. The third-order valence-electron chi connectivity index (χ3n) is 4.15. The van der Waals surface area contributed by atoms with Gasteiger partial charge in [0.1, 0.15) is 12.1 Å². The number of pyridine rings is 1. The summed E-state index contributed by atoms with van der Waals surface area (Å²) >= 11 is 0. The van der Waals surface area contributed by atoms with E-state index in [0.29, 0.717) is 28.6 Å². The van der Waals surface area contributed by atoms with Gasteiger partial charge in [-0.25, -0.2) is 14.8 Å². The number of nitrogens with one attached hydrogen (secondary N) is 2. The smallest absolute Gasteiger partial charge is 0.324 e. The van der Waals surface area contributed by atoms with Crippen molar-refractivity contribution in [1.82, 2.24) is 25.0 Å². The third kappa shape index (κ3) is 4.78. The van der Waals surface area contributed by atoms with Gasteiger partial charge in [0, 0.05) is 29.1 Å². The van der Waals surface area contributed by atoms with Gasteiger partial charge in [0.05, 0.1) is 5.52 Å². The first-order valence-corrected chi connectivity index (χ1v) is 9.15. The van der Waals surface area contributed by atoms with E-state index >= 15 is 0 Å². The molecule has 3 aromatic rings. The molecule has 29 heavy (non-hydrogen) atoms. The van der Waals surface area contributed by atoms with Crippen molar-refractivity contribution in [2.45, 2.75) is 33.1 Å². The van der Waals surface area contributed by atoms with Crippen LogP contribution in [0.25, 0.3) is 16.9 Å². The van der Waals surface area contributed by atoms with E-state index in [1.165, 1.54) is 0 Å². The molecule has 0 fully saturated rings. The summed E-state index contributed by atoms with van der Waals surface area (Å²) in [7, 11) is 0. The highest BCUT2D eigenvalue weighted by Crippen LogP contribution is 2.24. The van der Waals surface area contributed by atoms with Crippen LogP contribution in [-0.2, 0) is 5.41 Å². The highest BCUT2D eigenvalue weighted by atomic mass is 16.5. The number of carbonyl (C=O) groups excluding carboxylic acids is 1. The maximum absolute atomic E-state index is 12.3. The number of allylic oxidation sites excluding steroid dienone is 4. The summed E-state index contributed by atoms with van der Waals surface area (Å²) in [5, 5.41) is 9.31. The lowest BCUT2D eigenvalue weighted by Gasteiger charge is -2.12. The average molecular weight is 392 g/mol. The first-order valence-electron chi connectivity index (χ1n) is 9.15. The number of hydrogen-bond acceptors (Lipinski definition) is 5. The number of aromatic nitrogens is 4. The van der Waals surface area contributed by atoms with Crippen LogP contribution in [0.2, 0.25) is 0 Å². The number of amides is 2. The van der Waals surface area contributed by atoms with Crippen molar-refractivity contribution in [3.8, 4) is 0 Å². The highest BCUT2D eigenvalue weighted by Gasteiger charge is 2.20. The van der Waals surface area contributed by atoms with Gasteiger partial charge < -0.3 is 9.84 Å². The van der Waals surface area contributed by atoms with Gasteiger partial charge in [-0.05, 0) is 31.2 Å². The van der Waals surface area contributed by atoms with Gasteiger partial charge in [-0.2, -0.15) is 0 Å². The molecule has 150 valence electrons. The van der Waals surface area contributed by atoms with Gasteiger partial charge in [0.2, 0.25) is 0 Å². The fourth-order valence-electron chi connectivity index (χ4n) is 2.52. The van der Waals surface area contributed by atoms with Crippen LogP contribution >= 0.6 is 0 Å². The van der Waals surface area contributed by atoms with Crippen LogP contribution < -0.4 is 10.6 Å². The summed E-state index contributed by atoms with van der Waals surface area (Å²) in [6, 6.07) is 5.06. The van der Waals surface area contributed by atoms with Crippen LogP contribution in [0.4, 0.5) is 10.6 Å². The first kappa shape index (κ1) is 20.1. The summed E-state index contributed by atoms with van der Waals surface area (Å²) in [4.78, 5) is 20.7. The Labute approximate surface area is 169 Å². The van der Waals surface area contributed by atoms with Gasteiger partial charge in [0.15, 0.2) is 11.5 Å². The molecule has 2 amide bonds. The molecular weight excluding hydrogens is 368 g/mol. The van der Waals surface area contributed by atoms with Crippen LogP contribution in [-0.4, -0.2) is 25.7 Å². The minimum absolute atomic E-state index is 0.187. The Bertz CT molecular complexity index is 1100. The molecule has 0 saturated carbocycles. The van der Waals surface area contributed by atoms with Crippen LogP contribution in [0.5, 0.6) is 0 Å². The predicted molar refractivity (Wildman–Crippen MR) is 113 cm³/mol. The van der Waals surface area contributed by atoms with E-state index in [1.807, 2.05) is 44.4 Å². The van der Waals surface area contributed by atoms with Crippen molar-refractivity contribution in [3.63, 3.8) is 0 Å². The molecule has 0 aliphatic heterocycles. The van der Waals surface area contributed by atoms with Gasteiger partial charge >= 0.3 is 6.03 Å². The van der Waals surface area contributed by atoms with E-state index in [9.17, 15) is 4.79 Å². The lowest BCUT2D eigenvalue weighted by molar-refractivity contribution is 0.254. The van der Waals surface area contributed by atoms with Gasteiger partial charge in [-0.3, -0.25) is 9.88 Å². The molecule has 0 radical (unpaired) electrons. The average Bonchev–Trinajstić information content (AvgIpc) is 3.31. The predicted octanol–water partition coefficient (Wildman–Crippen LogP) is 4.47. The van der Waals surface area contributed by atoms with Crippen molar-refractivity contribution < 1.29 is 9.32 Å². The zero-order chi connectivity index (χ0) is 21.0.